The molecule has 0 aliphatic carbocycles. The average molecular weight is 326 g/mol. The van der Waals surface area contributed by atoms with Crippen LogP contribution in [0.1, 0.15) is 38.7 Å². The van der Waals surface area contributed by atoms with Crippen LogP contribution in [-0.2, 0) is 10.0 Å². The van der Waals surface area contributed by atoms with E-state index in [1.807, 2.05) is 0 Å². The van der Waals surface area contributed by atoms with Gasteiger partial charge >= 0.3 is 0 Å². The summed E-state index contributed by atoms with van der Waals surface area (Å²) >= 11 is 4.89. The van der Waals surface area contributed by atoms with Crippen molar-refractivity contribution in [2.75, 3.05) is 13.1 Å². The highest BCUT2D eigenvalue weighted by Crippen LogP contribution is 2.39. The number of sulfonamides is 1. The minimum absolute atomic E-state index is 0.131. The lowest BCUT2D eigenvalue weighted by Gasteiger charge is -2.26. The van der Waals surface area contributed by atoms with Crippen LogP contribution >= 0.6 is 12.2 Å². The number of nitrogens with zero attached hydrogens (tertiary/aromatic N) is 1. The summed E-state index contributed by atoms with van der Waals surface area (Å²) in [6, 6.07) is 6.50. The molecule has 0 spiro atoms. The van der Waals surface area contributed by atoms with Crippen molar-refractivity contribution in [3.05, 3.63) is 29.8 Å². The molecule has 0 radical (unpaired) electrons. The number of nitrogens with two attached hydrogens (primary N) is 1. The topological polar surface area (TPSA) is 63.4 Å². The van der Waals surface area contributed by atoms with Crippen molar-refractivity contribution in [3.63, 3.8) is 0 Å². The van der Waals surface area contributed by atoms with Crippen molar-refractivity contribution in [1.82, 2.24) is 4.31 Å². The van der Waals surface area contributed by atoms with E-state index in [1.165, 1.54) is 0 Å². The average Bonchev–Trinajstić information content (AvgIpc) is 2.93. The molecular formula is C15H22N2O2S2. The van der Waals surface area contributed by atoms with Crippen LogP contribution in [-0.4, -0.2) is 30.8 Å². The van der Waals surface area contributed by atoms with E-state index in [9.17, 15) is 8.42 Å². The van der Waals surface area contributed by atoms with Crippen LogP contribution in [0.3, 0.4) is 0 Å². The lowest BCUT2D eigenvalue weighted by atomic mass is 9.82. The van der Waals surface area contributed by atoms with Crippen molar-refractivity contribution in [2.24, 2.45) is 11.1 Å². The molecule has 2 N–H and O–H groups in total. The van der Waals surface area contributed by atoms with Gasteiger partial charge in [-0.3, -0.25) is 0 Å². The van der Waals surface area contributed by atoms with Crippen LogP contribution in [0.4, 0.5) is 0 Å². The molecule has 0 amide bonds. The highest BCUT2D eigenvalue weighted by atomic mass is 32.2. The molecule has 4 nitrogen and oxygen atoms in total. The highest BCUT2D eigenvalue weighted by molar-refractivity contribution is 7.89. The highest BCUT2D eigenvalue weighted by Gasteiger charge is 2.40. The van der Waals surface area contributed by atoms with Gasteiger partial charge in [0.2, 0.25) is 10.0 Å². The third kappa shape index (κ3) is 3.12. The first-order valence-electron chi connectivity index (χ1n) is 7.25. The predicted molar refractivity (Wildman–Crippen MR) is 88.7 cm³/mol. The van der Waals surface area contributed by atoms with Gasteiger partial charge in [0.15, 0.2) is 0 Å². The second-order valence-corrected chi connectivity index (χ2v) is 8.06. The Balaban J connectivity index is 2.25. The SMILES string of the molecule is CCC1(CC)CCN(S(=O)(=O)c2ccc(C(N)=S)cc2)C1. The standard InChI is InChI=1S/C15H22N2O2S2/c1-3-15(4-2)9-10-17(11-15)21(18,19)13-7-5-12(6-8-13)14(16)20/h5-8H,3-4,9-11H2,1-2H3,(H2,16,20). The van der Waals surface area contributed by atoms with Crippen LogP contribution in [0.15, 0.2) is 29.2 Å². The van der Waals surface area contributed by atoms with Crippen LogP contribution in [0.2, 0.25) is 0 Å². The summed E-state index contributed by atoms with van der Waals surface area (Å²) in [6.45, 7) is 5.48. The zero-order valence-corrected chi connectivity index (χ0v) is 14.1. The monoisotopic (exact) mass is 326 g/mol. The molecule has 0 unspecified atom stereocenters. The summed E-state index contributed by atoms with van der Waals surface area (Å²) in [5.74, 6) is 0. The lowest BCUT2D eigenvalue weighted by molar-refractivity contribution is 0.279. The van der Waals surface area contributed by atoms with Crippen molar-refractivity contribution in [3.8, 4) is 0 Å². The smallest absolute Gasteiger partial charge is 0.243 e. The maximum absolute atomic E-state index is 12.7. The maximum Gasteiger partial charge on any atom is 0.243 e. The number of hydrogen-bond donors (Lipinski definition) is 1. The van der Waals surface area contributed by atoms with Crippen molar-refractivity contribution < 1.29 is 8.42 Å². The molecule has 1 aliphatic heterocycles. The summed E-state index contributed by atoms with van der Waals surface area (Å²) in [6.07, 6.45) is 2.95. The van der Waals surface area contributed by atoms with E-state index in [0.717, 1.165) is 19.3 Å². The molecule has 6 heteroatoms. The van der Waals surface area contributed by atoms with Crippen molar-refractivity contribution >= 4 is 27.2 Å². The molecule has 0 aromatic heterocycles. The van der Waals surface area contributed by atoms with Gasteiger partial charge < -0.3 is 5.73 Å². The second-order valence-electron chi connectivity index (χ2n) is 5.68. The molecule has 1 aliphatic rings. The fourth-order valence-electron chi connectivity index (χ4n) is 2.87. The van der Waals surface area contributed by atoms with Gasteiger partial charge in [-0.15, -0.1) is 0 Å². The van der Waals surface area contributed by atoms with Gasteiger partial charge in [0.1, 0.15) is 4.99 Å². The number of hydrogen-bond acceptors (Lipinski definition) is 3. The van der Waals surface area contributed by atoms with Gasteiger partial charge in [0.05, 0.1) is 4.90 Å². The molecule has 0 saturated carbocycles. The van der Waals surface area contributed by atoms with E-state index >= 15 is 0 Å². The summed E-state index contributed by atoms with van der Waals surface area (Å²) in [5.41, 5.74) is 6.35. The molecule has 0 bridgehead atoms. The van der Waals surface area contributed by atoms with Gasteiger partial charge in [-0.05, 0) is 36.8 Å². The molecular weight excluding hydrogens is 304 g/mol. The maximum atomic E-state index is 12.7. The van der Waals surface area contributed by atoms with E-state index in [1.54, 1.807) is 28.6 Å². The summed E-state index contributed by atoms with van der Waals surface area (Å²) in [5, 5.41) is 0. The normalized spacial score (nSPS) is 18.8. The predicted octanol–water partition coefficient (Wildman–Crippen LogP) is 2.52. The van der Waals surface area contributed by atoms with Gasteiger partial charge in [-0.25, -0.2) is 8.42 Å². The van der Waals surface area contributed by atoms with E-state index in [4.69, 9.17) is 18.0 Å². The van der Waals surface area contributed by atoms with E-state index in [0.29, 0.717) is 23.5 Å². The first-order chi connectivity index (χ1) is 9.84. The molecule has 0 atom stereocenters. The number of rotatable bonds is 5. The molecule has 21 heavy (non-hydrogen) atoms. The van der Waals surface area contributed by atoms with Crippen LogP contribution in [0.25, 0.3) is 0 Å². The first-order valence-corrected chi connectivity index (χ1v) is 9.09. The largest absolute Gasteiger partial charge is 0.389 e. The molecule has 116 valence electrons. The molecule has 1 heterocycles. The van der Waals surface area contributed by atoms with Gasteiger partial charge in [0, 0.05) is 18.7 Å². The zero-order chi connectivity index (χ0) is 15.7. The van der Waals surface area contributed by atoms with Crippen molar-refractivity contribution in [2.45, 2.75) is 38.0 Å². The second kappa shape index (κ2) is 6.02. The zero-order valence-electron chi connectivity index (χ0n) is 12.5. The van der Waals surface area contributed by atoms with Gasteiger partial charge in [-0.2, -0.15) is 4.31 Å². The Morgan fingerprint density at radius 3 is 2.29 bits per heavy atom. The molecule has 1 aromatic carbocycles. The van der Waals surface area contributed by atoms with Crippen LogP contribution in [0.5, 0.6) is 0 Å². The third-order valence-corrected chi connectivity index (χ3v) is 6.78. The Morgan fingerprint density at radius 1 is 1.29 bits per heavy atom. The Bertz CT molecular complexity index is 620. The number of benzene rings is 1. The minimum Gasteiger partial charge on any atom is -0.389 e. The molecule has 1 aromatic rings. The Kier molecular flexibility index (Phi) is 4.70. The fraction of sp³-hybridized carbons (Fsp3) is 0.533. The molecule has 2 rings (SSSR count). The summed E-state index contributed by atoms with van der Waals surface area (Å²) in [4.78, 5) is 0.585. The van der Waals surface area contributed by atoms with E-state index < -0.39 is 10.0 Å². The van der Waals surface area contributed by atoms with Gasteiger partial charge in [0.25, 0.3) is 0 Å². The third-order valence-electron chi connectivity index (χ3n) is 4.68. The van der Waals surface area contributed by atoms with Gasteiger partial charge in [-0.1, -0.05) is 38.2 Å². The fourth-order valence-corrected chi connectivity index (χ4v) is 4.56. The van der Waals surface area contributed by atoms with Crippen molar-refractivity contribution in [1.29, 1.82) is 0 Å². The minimum atomic E-state index is -3.42. The Hall–Kier alpha value is -0.980. The summed E-state index contributed by atoms with van der Waals surface area (Å²) in [7, 11) is -3.42. The lowest BCUT2D eigenvalue weighted by Crippen LogP contribution is -2.31. The summed E-state index contributed by atoms with van der Waals surface area (Å²) < 4.78 is 27.0. The van der Waals surface area contributed by atoms with Crippen LogP contribution < -0.4 is 5.73 Å². The first kappa shape index (κ1) is 16.4. The Labute approximate surface area is 132 Å². The quantitative estimate of drug-likeness (QED) is 0.845. The Morgan fingerprint density at radius 2 is 1.86 bits per heavy atom. The van der Waals surface area contributed by atoms with E-state index in [-0.39, 0.29) is 10.4 Å². The van der Waals surface area contributed by atoms with Crippen LogP contribution in [0, 0.1) is 5.41 Å². The number of thiocarbonyl (C=S) groups is 1. The van der Waals surface area contributed by atoms with E-state index in [2.05, 4.69) is 13.8 Å². The molecule has 1 saturated heterocycles. The molecule has 1 fully saturated rings.